The van der Waals surface area contributed by atoms with Crippen molar-refractivity contribution in [3.8, 4) is 17.2 Å². The standard InChI is InChI=1S/C22H27N5O3/c1-16-26-18-6-3-4-7-19(18)27(16)12-5-10-24-22(23-2)25-11-13-28-17-8-9-20-21(14-17)30-15-29-20/h3-4,6-9,14H,5,10-13,15H2,1-2H3,(H2,23,24,25). The van der Waals surface area contributed by atoms with Gasteiger partial charge in [-0.05, 0) is 37.6 Å². The smallest absolute Gasteiger partial charge is 0.231 e. The summed E-state index contributed by atoms with van der Waals surface area (Å²) in [4.78, 5) is 8.88. The number of aliphatic imine (C=N–C) groups is 1. The van der Waals surface area contributed by atoms with Gasteiger partial charge in [-0.2, -0.15) is 0 Å². The number of rotatable bonds is 8. The van der Waals surface area contributed by atoms with Crippen molar-refractivity contribution in [2.45, 2.75) is 19.9 Å². The monoisotopic (exact) mass is 409 g/mol. The van der Waals surface area contributed by atoms with Crippen molar-refractivity contribution >= 4 is 17.0 Å². The van der Waals surface area contributed by atoms with Gasteiger partial charge in [0, 0.05) is 26.2 Å². The lowest BCUT2D eigenvalue weighted by Gasteiger charge is -2.13. The summed E-state index contributed by atoms with van der Waals surface area (Å²) in [6.45, 7) is 5.19. The van der Waals surface area contributed by atoms with Gasteiger partial charge in [0.1, 0.15) is 18.2 Å². The maximum atomic E-state index is 5.76. The van der Waals surface area contributed by atoms with Crippen LogP contribution in [0.4, 0.5) is 0 Å². The molecule has 0 saturated carbocycles. The van der Waals surface area contributed by atoms with E-state index >= 15 is 0 Å². The Morgan fingerprint density at radius 1 is 1.13 bits per heavy atom. The molecule has 1 aliphatic heterocycles. The van der Waals surface area contributed by atoms with Crippen molar-refractivity contribution < 1.29 is 14.2 Å². The van der Waals surface area contributed by atoms with Gasteiger partial charge in [-0.25, -0.2) is 4.98 Å². The number of nitrogens with zero attached hydrogens (tertiary/aromatic N) is 3. The summed E-state index contributed by atoms with van der Waals surface area (Å²) in [5, 5.41) is 6.61. The normalized spacial score (nSPS) is 12.9. The van der Waals surface area contributed by atoms with Crippen molar-refractivity contribution in [2.75, 3.05) is 33.5 Å². The van der Waals surface area contributed by atoms with Crippen LogP contribution >= 0.6 is 0 Å². The number of hydrogen-bond donors (Lipinski definition) is 2. The van der Waals surface area contributed by atoms with Gasteiger partial charge in [0.2, 0.25) is 6.79 Å². The molecule has 0 fully saturated rings. The van der Waals surface area contributed by atoms with E-state index in [4.69, 9.17) is 14.2 Å². The van der Waals surface area contributed by atoms with Crippen LogP contribution in [0, 0.1) is 6.92 Å². The molecule has 2 N–H and O–H groups in total. The summed E-state index contributed by atoms with van der Waals surface area (Å²) in [5.74, 6) is 4.03. The molecular formula is C22H27N5O3. The Morgan fingerprint density at radius 2 is 1.97 bits per heavy atom. The van der Waals surface area contributed by atoms with Gasteiger partial charge in [-0.3, -0.25) is 4.99 Å². The first kappa shape index (κ1) is 19.9. The minimum atomic E-state index is 0.263. The molecule has 8 heteroatoms. The molecule has 0 atom stereocenters. The third kappa shape index (κ3) is 4.59. The lowest BCUT2D eigenvalue weighted by Crippen LogP contribution is -2.39. The Kier molecular flexibility index (Phi) is 6.22. The van der Waals surface area contributed by atoms with Gasteiger partial charge >= 0.3 is 0 Å². The second kappa shape index (κ2) is 9.39. The molecule has 0 radical (unpaired) electrons. The van der Waals surface area contributed by atoms with Crippen LogP contribution in [0.15, 0.2) is 47.5 Å². The van der Waals surface area contributed by atoms with E-state index in [0.717, 1.165) is 54.1 Å². The largest absolute Gasteiger partial charge is 0.492 e. The van der Waals surface area contributed by atoms with Crippen molar-refractivity contribution in [2.24, 2.45) is 4.99 Å². The van der Waals surface area contributed by atoms with Gasteiger partial charge in [0.25, 0.3) is 0 Å². The average Bonchev–Trinajstić information content (AvgIpc) is 3.36. The predicted octanol–water partition coefficient (Wildman–Crippen LogP) is 2.71. The Balaban J connectivity index is 1.17. The van der Waals surface area contributed by atoms with E-state index in [1.807, 2.05) is 31.2 Å². The van der Waals surface area contributed by atoms with Crippen LogP contribution in [0.25, 0.3) is 11.0 Å². The van der Waals surface area contributed by atoms with Crippen LogP contribution in [0.1, 0.15) is 12.2 Å². The Bertz CT molecular complexity index is 1030. The molecule has 3 aromatic rings. The minimum absolute atomic E-state index is 0.263. The van der Waals surface area contributed by atoms with E-state index in [9.17, 15) is 0 Å². The molecule has 0 unspecified atom stereocenters. The lowest BCUT2D eigenvalue weighted by molar-refractivity contribution is 0.173. The summed E-state index contributed by atoms with van der Waals surface area (Å²) in [5.41, 5.74) is 2.22. The van der Waals surface area contributed by atoms with Crippen LogP contribution in [0.3, 0.4) is 0 Å². The summed E-state index contributed by atoms with van der Waals surface area (Å²) >= 11 is 0. The molecular weight excluding hydrogens is 382 g/mol. The lowest BCUT2D eigenvalue weighted by atomic mass is 10.3. The van der Waals surface area contributed by atoms with Gasteiger partial charge in [0.15, 0.2) is 17.5 Å². The predicted molar refractivity (Wildman–Crippen MR) is 117 cm³/mol. The second-order valence-corrected chi connectivity index (χ2v) is 6.94. The maximum Gasteiger partial charge on any atom is 0.231 e. The van der Waals surface area contributed by atoms with E-state index in [-0.39, 0.29) is 6.79 Å². The highest BCUT2D eigenvalue weighted by molar-refractivity contribution is 5.79. The zero-order chi connectivity index (χ0) is 20.8. The van der Waals surface area contributed by atoms with Crippen LogP contribution < -0.4 is 24.8 Å². The SMILES string of the molecule is CN=C(NCCCn1c(C)nc2ccccc21)NCCOc1ccc2c(c1)OCO2. The fraction of sp³-hybridized carbons (Fsp3) is 0.364. The molecule has 0 saturated heterocycles. The van der Waals surface area contributed by atoms with Gasteiger partial charge in [0.05, 0.1) is 17.6 Å². The highest BCUT2D eigenvalue weighted by Crippen LogP contribution is 2.34. The summed E-state index contributed by atoms with van der Waals surface area (Å²) in [7, 11) is 1.77. The molecule has 1 aliphatic rings. The Hall–Kier alpha value is -3.42. The number of benzene rings is 2. The van der Waals surface area contributed by atoms with E-state index in [1.165, 1.54) is 5.52 Å². The molecule has 2 aromatic carbocycles. The molecule has 158 valence electrons. The third-order valence-electron chi connectivity index (χ3n) is 4.93. The molecule has 0 spiro atoms. The highest BCUT2D eigenvalue weighted by Gasteiger charge is 2.13. The number of hydrogen-bond acceptors (Lipinski definition) is 5. The first-order valence-corrected chi connectivity index (χ1v) is 10.1. The summed E-state index contributed by atoms with van der Waals surface area (Å²) in [6, 6.07) is 13.8. The Labute approximate surface area is 175 Å². The van der Waals surface area contributed by atoms with Crippen LogP contribution in [0.2, 0.25) is 0 Å². The molecule has 30 heavy (non-hydrogen) atoms. The highest BCUT2D eigenvalue weighted by atomic mass is 16.7. The second-order valence-electron chi connectivity index (χ2n) is 6.94. The molecule has 2 heterocycles. The van der Waals surface area contributed by atoms with E-state index in [0.29, 0.717) is 13.2 Å². The van der Waals surface area contributed by atoms with Gasteiger partial charge in [-0.15, -0.1) is 0 Å². The van der Waals surface area contributed by atoms with Crippen molar-refractivity contribution in [1.29, 1.82) is 0 Å². The zero-order valence-corrected chi connectivity index (χ0v) is 17.4. The average molecular weight is 409 g/mol. The van der Waals surface area contributed by atoms with Gasteiger partial charge in [-0.1, -0.05) is 12.1 Å². The Morgan fingerprint density at radius 3 is 2.87 bits per heavy atom. The fourth-order valence-electron chi connectivity index (χ4n) is 3.45. The quantitative estimate of drug-likeness (QED) is 0.338. The number of aryl methyl sites for hydroxylation is 2. The third-order valence-corrected chi connectivity index (χ3v) is 4.93. The number of para-hydroxylation sites is 2. The number of nitrogens with one attached hydrogen (secondary N) is 2. The fourth-order valence-corrected chi connectivity index (χ4v) is 3.45. The summed E-state index contributed by atoms with van der Waals surface area (Å²) in [6.07, 6.45) is 0.968. The number of fused-ring (bicyclic) bond motifs is 2. The first-order chi connectivity index (χ1) is 14.7. The number of guanidine groups is 1. The van der Waals surface area contributed by atoms with Crippen molar-refractivity contribution in [3.05, 3.63) is 48.3 Å². The molecule has 0 amide bonds. The topological polar surface area (TPSA) is 81.9 Å². The number of imidazole rings is 1. The van der Waals surface area contributed by atoms with Crippen molar-refractivity contribution in [1.82, 2.24) is 20.2 Å². The van der Waals surface area contributed by atoms with E-state index in [1.54, 1.807) is 7.05 Å². The maximum absolute atomic E-state index is 5.76. The zero-order valence-electron chi connectivity index (χ0n) is 17.4. The molecule has 8 nitrogen and oxygen atoms in total. The van der Waals surface area contributed by atoms with E-state index < -0.39 is 0 Å². The molecule has 4 rings (SSSR count). The summed E-state index contributed by atoms with van der Waals surface area (Å²) < 4.78 is 18.7. The number of ether oxygens (including phenoxy) is 3. The van der Waals surface area contributed by atoms with Crippen LogP contribution in [-0.2, 0) is 6.54 Å². The number of aromatic nitrogens is 2. The van der Waals surface area contributed by atoms with E-state index in [2.05, 4.69) is 43.4 Å². The molecule has 1 aromatic heterocycles. The van der Waals surface area contributed by atoms with Crippen LogP contribution in [-0.4, -0.2) is 49.0 Å². The van der Waals surface area contributed by atoms with Gasteiger partial charge < -0.3 is 29.4 Å². The van der Waals surface area contributed by atoms with Crippen molar-refractivity contribution in [3.63, 3.8) is 0 Å². The first-order valence-electron chi connectivity index (χ1n) is 10.1. The van der Waals surface area contributed by atoms with Crippen LogP contribution in [0.5, 0.6) is 17.2 Å². The minimum Gasteiger partial charge on any atom is -0.492 e. The molecule has 0 bridgehead atoms. The molecule has 0 aliphatic carbocycles.